The summed E-state index contributed by atoms with van der Waals surface area (Å²) in [6.45, 7) is 2.03. The van der Waals surface area contributed by atoms with Crippen LogP contribution in [0, 0.1) is 5.82 Å². The highest BCUT2D eigenvalue weighted by molar-refractivity contribution is 6.29. The van der Waals surface area contributed by atoms with Crippen molar-refractivity contribution in [2.75, 3.05) is 19.7 Å². The van der Waals surface area contributed by atoms with Gasteiger partial charge in [0.15, 0.2) is 0 Å². The molecule has 174 valence electrons. The molecule has 3 aromatic rings. The number of piperidine rings is 1. The van der Waals surface area contributed by atoms with Gasteiger partial charge >= 0.3 is 6.18 Å². The molecular weight excluding hydrogens is 456 g/mol. The molecule has 0 spiro atoms. The number of hydrogen-bond acceptors (Lipinski definition) is 3. The number of alkyl halides is 3. The van der Waals surface area contributed by atoms with E-state index in [4.69, 9.17) is 16.3 Å². The summed E-state index contributed by atoms with van der Waals surface area (Å²) in [5.74, 6) is -0.747. The molecule has 1 fully saturated rings. The Labute approximate surface area is 194 Å². The number of ether oxygens (including phenoxy) is 1. The lowest BCUT2D eigenvalue weighted by atomic mass is 9.74. The third-order valence-electron chi connectivity index (χ3n) is 6.05. The van der Waals surface area contributed by atoms with Crippen LogP contribution in [0.15, 0.2) is 60.8 Å². The summed E-state index contributed by atoms with van der Waals surface area (Å²) >= 11 is 5.85. The highest BCUT2D eigenvalue weighted by Crippen LogP contribution is 2.36. The number of rotatable bonds is 6. The van der Waals surface area contributed by atoms with Crippen LogP contribution in [0.2, 0.25) is 5.15 Å². The van der Waals surface area contributed by atoms with E-state index in [-0.39, 0.29) is 28.3 Å². The topological polar surface area (TPSA) is 34.1 Å². The number of nitrogens with zero attached hydrogens (tertiary/aromatic N) is 1. The maximum atomic E-state index is 14.3. The molecule has 1 aliphatic rings. The Bertz CT molecular complexity index is 1100. The molecule has 1 N–H and O–H groups in total. The predicted molar refractivity (Wildman–Crippen MR) is 120 cm³/mol. The Morgan fingerprint density at radius 1 is 1.03 bits per heavy atom. The van der Waals surface area contributed by atoms with Crippen molar-refractivity contribution in [3.05, 3.63) is 88.5 Å². The summed E-state index contributed by atoms with van der Waals surface area (Å²) < 4.78 is 61.0. The van der Waals surface area contributed by atoms with E-state index in [9.17, 15) is 17.6 Å². The zero-order valence-corrected chi connectivity index (χ0v) is 18.5. The first-order chi connectivity index (χ1) is 15.8. The van der Waals surface area contributed by atoms with Gasteiger partial charge in [-0.15, -0.1) is 0 Å². The highest BCUT2D eigenvalue weighted by Gasteiger charge is 2.35. The molecule has 2 heterocycles. The van der Waals surface area contributed by atoms with E-state index in [2.05, 4.69) is 22.4 Å². The van der Waals surface area contributed by atoms with E-state index in [1.807, 2.05) is 18.2 Å². The highest BCUT2D eigenvalue weighted by atomic mass is 35.5. The molecule has 4 rings (SSSR count). The summed E-state index contributed by atoms with van der Waals surface area (Å²) in [6.07, 6.45) is -1.95. The van der Waals surface area contributed by atoms with Gasteiger partial charge in [0.25, 0.3) is 0 Å². The third-order valence-corrected chi connectivity index (χ3v) is 6.25. The number of benzene rings is 2. The number of halogens is 5. The second-order valence-corrected chi connectivity index (χ2v) is 8.68. The minimum atomic E-state index is -4.58. The first-order valence-corrected chi connectivity index (χ1v) is 11.0. The van der Waals surface area contributed by atoms with Crippen molar-refractivity contribution in [3.8, 4) is 11.1 Å². The number of hydrogen-bond donors (Lipinski definition) is 1. The van der Waals surface area contributed by atoms with Crippen LogP contribution in [0.4, 0.5) is 17.6 Å². The van der Waals surface area contributed by atoms with Crippen molar-refractivity contribution >= 4 is 11.6 Å². The van der Waals surface area contributed by atoms with Gasteiger partial charge in [-0.1, -0.05) is 41.9 Å². The van der Waals surface area contributed by atoms with Crippen LogP contribution in [0.5, 0.6) is 0 Å². The van der Waals surface area contributed by atoms with Crippen LogP contribution in [0.3, 0.4) is 0 Å². The molecule has 0 saturated carbocycles. The Kier molecular flexibility index (Phi) is 7.02. The summed E-state index contributed by atoms with van der Waals surface area (Å²) in [5.41, 5.74) is 0.424. The van der Waals surface area contributed by atoms with Crippen LogP contribution in [-0.2, 0) is 22.9 Å². The standard InChI is InChI=1S/C25H23ClF4N2O/c26-23-13-21(22(27)14-32-23)18-10-17(11-20(12-18)25(28,29)30)15-33-16-24(6-8-31-9-7-24)19-4-2-1-3-5-19/h1-5,10-14,31H,6-9,15-16H2. The smallest absolute Gasteiger partial charge is 0.376 e. The summed E-state index contributed by atoms with van der Waals surface area (Å²) in [4.78, 5) is 3.63. The SMILES string of the molecule is Fc1cnc(Cl)cc1-c1cc(COCC2(c3ccccc3)CCNCC2)cc(C(F)(F)F)c1. The molecule has 1 aliphatic heterocycles. The molecule has 3 nitrogen and oxygen atoms in total. The average molecular weight is 479 g/mol. The fraction of sp³-hybridized carbons (Fsp3) is 0.320. The summed E-state index contributed by atoms with van der Waals surface area (Å²) in [5, 5.41) is 3.34. The Morgan fingerprint density at radius 2 is 1.76 bits per heavy atom. The van der Waals surface area contributed by atoms with Gasteiger partial charge in [-0.3, -0.25) is 0 Å². The number of aromatic nitrogens is 1. The van der Waals surface area contributed by atoms with E-state index in [1.165, 1.54) is 12.1 Å². The van der Waals surface area contributed by atoms with Crippen LogP contribution < -0.4 is 5.32 Å². The van der Waals surface area contributed by atoms with Gasteiger partial charge < -0.3 is 10.1 Å². The maximum Gasteiger partial charge on any atom is 0.416 e. The van der Waals surface area contributed by atoms with Crippen LogP contribution >= 0.6 is 11.6 Å². The Hall–Kier alpha value is -2.48. The lowest BCUT2D eigenvalue weighted by Crippen LogP contribution is -2.43. The quantitative estimate of drug-likeness (QED) is 0.329. The average Bonchev–Trinajstić information content (AvgIpc) is 2.81. The molecule has 0 radical (unpaired) electrons. The van der Waals surface area contributed by atoms with Crippen molar-refractivity contribution in [1.29, 1.82) is 0 Å². The Balaban J connectivity index is 1.60. The van der Waals surface area contributed by atoms with Gasteiger partial charge in [0, 0.05) is 11.0 Å². The molecule has 2 aromatic carbocycles. The van der Waals surface area contributed by atoms with Gasteiger partial charge in [0.2, 0.25) is 0 Å². The van der Waals surface area contributed by atoms with Crippen LogP contribution in [0.25, 0.3) is 11.1 Å². The van der Waals surface area contributed by atoms with E-state index < -0.39 is 17.6 Å². The maximum absolute atomic E-state index is 14.3. The predicted octanol–water partition coefficient (Wildman–Crippen LogP) is 6.40. The fourth-order valence-electron chi connectivity index (χ4n) is 4.31. The molecule has 1 saturated heterocycles. The van der Waals surface area contributed by atoms with Crippen molar-refractivity contribution in [2.45, 2.75) is 31.0 Å². The molecule has 0 unspecified atom stereocenters. The Morgan fingerprint density at radius 3 is 2.45 bits per heavy atom. The van der Waals surface area contributed by atoms with E-state index in [1.54, 1.807) is 0 Å². The van der Waals surface area contributed by atoms with Gasteiger partial charge in [-0.05, 0) is 66.9 Å². The zero-order chi connectivity index (χ0) is 23.5. The second-order valence-electron chi connectivity index (χ2n) is 8.29. The van der Waals surface area contributed by atoms with Crippen LogP contribution in [0.1, 0.15) is 29.5 Å². The molecule has 0 bridgehead atoms. The van der Waals surface area contributed by atoms with Crippen molar-refractivity contribution in [3.63, 3.8) is 0 Å². The van der Waals surface area contributed by atoms with Crippen LogP contribution in [-0.4, -0.2) is 24.7 Å². The molecular formula is C25H23ClF4N2O. The van der Waals surface area contributed by atoms with Gasteiger partial charge in [-0.25, -0.2) is 9.37 Å². The van der Waals surface area contributed by atoms with Gasteiger partial charge in [-0.2, -0.15) is 13.2 Å². The third kappa shape index (κ3) is 5.54. The van der Waals surface area contributed by atoms with E-state index >= 15 is 0 Å². The largest absolute Gasteiger partial charge is 0.416 e. The lowest BCUT2D eigenvalue weighted by molar-refractivity contribution is -0.137. The van der Waals surface area contributed by atoms with Gasteiger partial charge in [0.05, 0.1) is 25.0 Å². The second kappa shape index (κ2) is 9.79. The van der Waals surface area contributed by atoms with Crippen molar-refractivity contribution in [2.24, 2.45) is 0 Å². The molecule has 8 heteroatoms. The fourth-order valence-corrected chi connectivity index (χ4v) is 4.46. The summed E-state index contributed by atoms with van der Waals surface area (Å²) in [6, 6.07) is 14.7. The normalized spacial score (nSPS) is 16.0. The molecule has 0 amide bonds. The summed E-state index contributed by atoms with van der Waals surface area (Å²) in [7, 11) is 0. The molecule has 33 heavy (non-hydrogen) atoms. The molecule has 0 atom stereocenters. The zero-order valence-electron chi connectivity index (χ0n) is 17.8. The lowest BCUT2D eigenvalue weighted by Gasteiger charge is -2.38. The molecule has 1 aromatic heterocycles. The first-order valence-electron chi connectivity index (χ1n) is 10.6. The monoisotopic (exact) mass is 478 g/mol. The number of nitrogens with one attached hydrogen (secondary N) is 1. The van der Waals surface area contributed by atoms with Crippen molar-refractivity contribution < 1.29 is 22.3 Å². The minimum absolute atomic E-state index is 0.00248. The van der Waals surface area contributed by atoms with Gasteiger partial charge in [0.1, 0.15) is 11.0 Å². The van der Waals surface area contributed by atoms with Crippen molar-refractivity contribution in [1.82, 2.24) is 10.3 Å². The van der Waals surface area contributed by atoms with E-state index in [0.717, 1.165) is 49.8 Å². The van der Waals surface area contributed by atoms with E-state index in [0.29, 0.717) is 12.2 Å². The number of pyridine rings is 1. The minimum Gasteiger partial charge on any atom is -0.376 e. The molecule has 0 aliphatic carbocycles. The first kappa shape index (κ1) is 23.7.